The van der Waals surface area contributed by atoms with Crippen molar-refractivity contribution in [3.05, 3.63) is 62.7 Å². The molecular weight excluding hydrogens is 589 g/mol. The number of hydrogen-bond acceptors (Lipinski definition) is 9. The minimum atomic E-state index is -2.16. The number of nitrogens with one attached hydrogen (secondary N) is 1. The Morgan fingerprint density at radius 2 is 1.72 bits per heavy atom. The number of nitro groups is 1. The van der Waals surface area contributed by atoms with Gasteiger partial charge in [-0.1, -0.05) is 53.7 Å². The summed E-state index contributed by atoms with van der Waals surface area (Å²) in [6, 6.07) is 7.44. The van der Waals surface area contributed by atoms with Crippen molar-refractivity contribution in [1.82, 2.24) is 9.55 Å². The first-order valence-electron chi connectivity index (χ1n) is 14.4. The van der Waals surface area contributed by atoms with Crippen molar-refractivity contribution in [3.8, 4) is 0 Å². The first-order chi connectivity index (χ1) is 19.7. The second-order valence-corrected chi connectivity index (χ2v) is 23.5. The molecule has 1 amide bonds. The Hall–Kier alpha value is -2.92. The molecule has 2 aromatic rings. The minimum absolute atomic E-state index is 0.0122. The smallest absolute Gasteiger partial charge is 0.413 e. The van der Waals surface area contributed by atoms with Crippen molar-refractivity contribution < 1.29 is 28.0 Å². The first kappa shape index (κ1) is 34.6. The van der Waals surface area contributed by atoms with E-state index >= 15 is 0 Å². The van der Waals surface area contributed by atoms with E-state index in [0.29, 0.717) is 13.0 Å². The molecule has 0 saturated carbocycles. The Morgan fingerprint density at radius 3 is 2.30 bits per heavy atom. The topological polar surface area (TPSA) is 144 Å². The van der Waals surface area contributed by atoms with Crippen molar-refractivity contribution in [1.29, 1.82) is 0 Å². The highest BCUT2D eigenvalue weighted by Gasteiger charge is 2.46. The molecule has 1 aliphatic rings. The number of hydrogen-bond donors (Lipinski definition) is 1. The zero-order valence-electron chi connectivity index (χ0n) is 26.9. The number of nitrogens with zero attached hydrogens (tertiary/aromatic N) is 3. The van der Waals surface area contributed by atoms with Gasteiger partial charge in [-0.25, -0.2) is 9.59 Å². The lowest BCUT2D eigenvalue weighted by Crippen LogP contribution is -2.48. The third kappa shape index (κ3) is 8.59. The summed E-state index contributed by atoms with van der Waals surface area (Å²) < 4.78 is 26.2. The van der Waals surface area contributed by atoms with E-state index in [0.717, 1.165) is 0 Å². The predicted molar refractivity (Wildman–Crippen MR) is 169 cm³/mol. The highest BCUT2D eigenvalue weighted by Crippen LogP contribution is 2.42. The summed E-state index contributed by atoms with van der Waals surface area (Å²) in [5, 5.41) is 13.6. The van der Waals surface area contributed by atoms with Crippen LogP contribution in [0, 0.1) is 10.1 Å². The molecule has 14 heteroatoms. The summed E-state index contributed by atoms with van der Waals surface area (Å²) in [6.07, 6.45) is -0.192. The van der Waals surface area contributed by atoms with Gasteiger partial charge >= 0.3 is 11.8 Å². The maximum absolute atomic E-state index is 13.1. The van der Waals surface area contributed by atoms with Crippen LogP contribution in [0.25, 0.3) is 0 Å². The van der Waals surface area contributed by atoms with E-state index in [9.17, 15) is 19.7 Å². The van der Waals surface area contributed by atoms with E-state index < -0.39 is 39.6 Å². The normalized spacial score (nSPS) is 19.7. The van der Waals surface area contributed by atoms with E-state index in [1.54, 1.807) is 6.07 Å². The molecule has 0 bridgehead atoms. The van der Waals surface area contributed by atoms with Gasteiger partial charge in [0.05, 0.1) is 23.2 Å². The van der Waals surface area contributed by atoms with Crippen LogP contribution in [0.2, 0.25) is 36.3 Å². The van der Waals surface area contributed by atoms with Gasteiger partial charge < -0.3 is 18.3 Å². The minimum Gasteiger partial charge on any atom is -0.444 e. The molecule has 0 spiro atoms. The van der Waals surface area contributed by atoms with Gasteiger partial charge in [0.15, 0.2) is 16.6 Å². The second kappa shape index (κ2) is 13.0. The van der Waals surface area contributed by atoms with E-state index in [1.165, 1.54) is 35.0 Å². The van der Waals surface area contributed by atoms with Gasteiger partial charge in [0, 0.05) is 18.7 Å². The standard InChI is InChI=1S/C29H46N4O8Si2/c1-28(2,3)42(7,8)39-19-23-22(41-43(9,10)29(4,5)6)17-25(40-23)32-16-15-24(30-26(32)34)31-27(35)38-18-20-13-11-12-14-21(20)33(36)37/h11-16,22-23,25H,17-19H2,1-10H3,(H,30,31,34,35)/t22-,23+,25+/m0/s1. The highest BCUT2D eigenvalue weighted by molar-refractivity contribution is 6.74. The molecule has 3 rings (SSSR count). The molecule has 1 aromatic heterocycles. The van der Waals surface area contributed by atoms with Crippen LogP contribution in [0.1, 0.15) is 59.8 Å². The van der Waals surface area contributed by atoms with Crippen LogP contribution in [0.3, 0.4) is 0 Å². The molecule has 1 aliphatic heterocycles. The molecule has 238 valence electrons. The van der Waals surface area contributed by atoms with Crippen molar-refractivity contribution in [2.75, 3.05) is 11.9 Å². The van der Waals surface area contributed by atoms with Crippen LogP contribution in [0.15, 0.2) is 41.3 Å². The Balaban J connectivity index is 1.73. The number of nitro benzene ring substituents is 1. The van der Waals surface area contributed by atoms with Crippen molar-refractivity contribution in [2.45, 2.75) is 109 Å². The Morgan fingerprint density at radius 1 is 1.09 bits per heavy atom. The summed E-state index contributed by atoms with van der Waals surface area (Å²) in [5.41, 5.74) is -0.527. The lowest BCUT2D eigenvalue weighted by Gasteiger charge is -2.40. The average molecular weight is 635 g/mol. The third-order valence-electron chi connectivity index (χ3n) is 8.76. The Bertz CT molecular complexity index is 1370. The summed E-state index contributed by atoms with van der Waals surface area (Å²) in [4.78, 5) is 40.0. The SMILES string of the molecule is CC(C)(C)[Si](C)(C)OC[C@H]1O[C@@H](n2ccc(NC(=O)OCc3ccccc3[N+](=O)[O-])nc2=O)C[C@@H]1O[Si](C)(C)C(C)(C)C. The molecule has 1 fully saturated rings. The fraction of sp³-hybridized carbons (Fsp3) is 0.621. The second-order valence-electron chi connectivity index (χ2n) is 13.9. The number of benzene rings is 1. The molecular formula is C29H46N4O8Si2. The first-order valence-corrected chi connectivity index (χ1v) is 20.3. The summed E-state index contributed by atoms with van der Waals surface area (Å²) >= 11 is 0. The van der Waals surface area contributed by atoms with Gasteiger partial charge in [0.2, 0.25) is 0 Å². The molecule has 3 atom stereocenters. The molecule has 2 heterocycles. The fourth-order valence-corrected chi connectivity index (χ4v) is 6.38. The average Bonchev–Trinajstić information content (AvgIpc) is 3.26. The Labute approximate surface area is 255 Å². The van der Waals surface area contributed by atoms with E-state index in [1.807, 2.05) is 0 Å². The van der Waals surface area contributed by atoms with Crippen molar-refractivity contribution >= 4 is 34.2 Å². The lowest BCUT2D eigenvalue weighted by molar-refractivity contribution is -0.385. The number of anilines is 1. The maximum Gasteiger partial charge on any atom is 0.413 e. The quantitative estimate of drug-likeness (QED) is 0.174. The van der Waals surface area contributed by atoms with Crippen molar-refractivity contribution in [3.63, 3.8) is 0 Å². The zero-order valence-corrected chi connectivity index (χ0v) is 28.9. The maximum atomic E-state index is 13.1. The highest BCUT2D eigenvalue weighted by atomic mass is 28.4. The number of aromatic nitrogens is 2. The summed E-state index contributed by atoms with van der Waals surface area (Å²) in [7, 11) is -4.22. The number of carbonyl (C=O) groups is 1. The number of rotatable bonds is 10. The lowest BCUT2D eigenvalue weighted by atomic mass is 10.2. The molecule has 0 unspecified atom stereocenters. The van der Waals surface area contributed by atoms with E-state index in [-0.39, 0.29) is 46.0 Å². The van der Waals surface area contributed by atoms with Crippen LogP contribution in [-0.2, 0) is 24.9 Å². The molecule has 0 aliphatic carbocycles. The van der Waals surface area contributed by atoms with Gasteiger partial charge in [-0.05, 0) is 48.4 Å². The monoisotopic (exact) mass is 634 g/mol. The molecule has 12 nitrogen and oxygen atoms in total. The van der Waals surface area contributed by atoms with Gasteiger partial charge in [0.1, 0.15) is 24.8 Å². The predicted octanol–water partition coefficient (Wildman–Crippen LogP) is 6.60. The van der Waals surface area contributed by atoms with E-state index in [2.05, 4.69) is 78.0 Å². The van der Waals surface area contributed by atoms with Crippen LogP contribution >= 0.6 is 0 Å². The molecule has 1 saturated heterocycles. The van der Waals surface area contributed by atoms with Crippen LogP contribution in [0.5, 0.6) is 0 Å². The number of para-hydroxylation sites is 1. The molecule has 1 N–H and O–H groups in total. The molecule has 1 aromatic carbocycles. The summed E-state index contributed by atoms with van der Waals surface area (Å²) in [6.45, 7) is 21.9. The fourth-order valence-electron chi connectivity index (χ4n) is 4.00. The molecule has 43 heavy (non-hydrogen) atoms. The number of ether oxygens (including phenoxy) is 2. The van der Waals surface area contributed by atoms with Gasteiger partial charge in [-0.2, -0.15) is 4.98 Å². The van der Waals surface area contributed by atoms with Crippen LogP contribution < -0.4 is 11.0 Å². The number of carbonyl (C=O) groups excluding carboxylic acids is 1. The largest absolute Gasteiger partial charge is 0.444 e. The molecule has 0 radical (unpaired) electrons. The zero-order chi connectivity index (χ0) is 32.4. The Kier molecular flexibility index (Phi) is 10.4. The van der Waals surface area contributed by atoms with Crippen LogP contribution in [-0.4, -0.2) is 56.0 Å². The third-order valence-corrected chi connectivity index (χ3v) is 17.8. The van der Waals surface area contributed by atoms with E-state index in [4.69, 9.17) is 18.3 Å². The van der Waals surface area contributed by atoms with Gasteiger partial charge in [-0.3, -0.25) is 20.0 Å². The summed E-state index contributed by atoms with van der Waals surface area (Å²) in [5.74, 6) is -0.0151. The van der Waals surface area contributed by atoms with Gasteiger partial charge in [-0.15, -0.1) is 0 Å². The van der Waals surface area contributed by atoms with Crippen LogP contribution in [0.4, 0.5) is 16.3 Å². The van der Waals surface area contributed by atoms with Gasteiger partial charge in [0.25, 0.3) is 5.69 Å². The van der Waals surface area contributed by atoms with Crippen molar-refractivity contribution in [2.24, 2.45) is 0 Å². The number of amides is 1.